The molecule has 0 aliphatic carbocycles. The Kier molecular flexibility index (Phi) is 4.39. The number of rotatable bonds is 5. The van der Waals surface area contributed by atoms with Gasteiger partial charge in [0.25, 0.3) is 0 Å². The van der Waals surface area contributed by atoms with Crippen LogP contribution in [0, 0.1) is 0 Å². The van der Waals surface area contributed by atoms with E-state index in [0.29, 0.717) is 6.29 Å². The minimum Gasteiger partial charge on any atom is -0.404 e. The molecule has 118 valence electrons. The Labute approximate surface area is 123 Å². The zero-order valence-corrected chi connectivity index (χ0v) is 12.5. The van der Waals surface area contributed by atoms with Crippen LogP contribution in [-0.2, 0) is 9.13 Å². The third-order valence-corrected chi connectivity index (χ3v) is 3.40. The molecule has 22 heavy (non-hydrogen) atoms. The summed E-state index contributed by atoms with van der Waals surface area (Å²) in [6, 6.07) is 6.08. The van der Waals surface area contributed by atoms with E-state index < -0.39 is 15.6 Å². The fourth-order valence-corrected chi connectivity index (χ4v) is 2.63. The smallest absolute Gasteiger partial charge is 0.404 e. The number of carbonyl (C=O) groups is 1. The molecule has 2 aromatic rings. The van der Waals surface area contributed by atoms with Crippen molar-refractivity contribution in [3.8, 4) is 11.5 Å². The van der Waals surface area contributed by atoms with E-state index >= 15 is 0 Å². The van der Waals surface area contributed by atoms with E-state index in [1.54, 1.807) is 0 Å². The SMILES string of the molecule is O=Cc1ccc2c(OP(=O)(O)O)ccc(OP(=O)(O)O)c2c1. The lowest BCUT2D eigenvalue weighted by Crippen LogP contribution is -1.95. The summed E-state index contributed by atoms with van der Waals surface area (Å²) in [6.45, 7) is 0. The zero-order chi connectivity index (χ0) is 16.5. The number of hydrogen-bond acceptors (Lipinski definition) is 5. The van der Waals surface area contributed by atoms with Crippen LogP contribution < -0.4 is 9.05 Å². The van der Waals surface area contributed by atoms with Crippen molar-refractivity contribution in [3.63, 3.8) is 0 Å². The number of phosphoric acid groups is 2. The Bertz CT molecular complexity index is 820. The molecule has 0 aliphatic rings. The molecule has 0 spiro atoms. The topological polar surface area (TPSA) is 151 Å². The molecule has 0 saturated heterocycles. The summed E-state index contributed by atoms with van der Waals surface area (Å²) in [5.74, 6) is -0.482. The molecule has 0 saturated carbocycles. The lowest BCUT2D eigenvalue weighted by molar-refractivity contribution is 0.112. The maximum Gasteiger partial charge on any atom is 0.524 e. The average Bonchev–Trinajstić information content (AvgIpc) is 2.38. The maximum atomic E-state index is 11.0. The minimum absolute atomic E-state index is 0.0545. The van der Waals surface area contributed by atoms with E-state index in [1.807, 2.05) is 0 Å². The van der Waals surface area contributed by atoms with Gasteiger partial charge >= 0.3 is 15.6 Å². The number of benzene rings is 2. The van der Waals surface area contributed by atoms with Crippen LogP contribution in [0.4, 0.5) is 0 Å². The summed E-state index contributed by atoms with van der Waals surface area (Å²) in [5, 5.41) is 0.166. The molecule has 2 rings (SSSR count). The molecule has 2 aromatic carbocycles. The normalized spacial score (nSPS) is 12.2. The van der Waals surface area contributed by atoms with Crippen LogP contribution in [0.15, 0.2) is 30.3 Å². The van der Waals surface area contributed by atoms with Crippen LogP contribution in [0.5, 0.6) is 11.5 Å². The molecule has 0 radical (unpaired) electrons. The van der Waals surface area contributed by atoms with Crippen molar-refractivity contribution < 1.29 is 42.5 Å². The summed E-state index contributed by atoms with van der Waals surface area (Å²) < 4.78 is 30.9. The van der Waals surface area contributed by atoms with Crippen LogP contribution in [0.2, 0.25) is 0 Å². The largest absolute Gasteiger partial charge is 0.524 e. The van der Waals surface area contributed by atoms with Gasteiger partial charge in [-0.3, -0.25) is 24.4 Å². The number of carbonyl (C=O) groups excluding carboxylic acids is 1. The van der Waals surface area contributed by atoms with Gasteiger partial charge in [0.2, 0.25) is 0 Å². The maximum absolute atomic E-state index is 11.0. The predicted molar refractivity (Wildman–Crippen MR) is 74.7 cm³/mol. The first-order valence-corrected chi connectivity index (χ1v) is 8.67. The van der Waals surface area contributed by atoms with Crippen LogP contribution in [-0.4, -0.2) is 25.9 Å². The molecular weight excluding hydrogens is 338 g/mol. The van der Waals surface area contributed by atoms with Crippen molar-refractivity contribution in [3.05, 3.63) is 35.9 Å². The highest BCUT2D eigenvalue weighted by Crippen LogP contribution is 2.46. The predicted octanol–water partition coefficient (Wildman–Crippen LogP) is 1.60. The third kappa shape index (κ3) is 4.14. The van der Waals surface area contributed by atoms with Crippen molar-refractivity contribution in [2.45, 2.75) is 0 Å². The van der Waals surface area contributed by atoms with E-state index in [0.717, 1.165) is 12.1 Å². The van der Waals surface area contributed by atoms with Crippen LogP contribution in [0.25, 0.3) is 10.8 Å². The molecule has 9 nitrogen and oxygen atoms in total. The van der Waals surface area contributed by atoms with Crippen LogP contribution in [0.1, 0.15) is 10.4 Å². The molecular formula is C11H10O9P2. The molecule has 0 fully saturated rings. The second kappa shape index (κ2) is 5.81. The Balaban J connectivity index is 2.68. The first kappa shape index (κ1) is 16.6. The Morgan fingerprint density at radius 3 is 1.77 bits per heavy atom. The van der Waals surface area contributed by atoms with Gasteiger partial charge in [0.15, 0.2) is 0 Å². The van der Waals surface area contributed by atoms with E-state index in [2.05, 4.69) is 9.05 Å². The summed E-state index contributed by atoms with van der Waals surface area (Å²) in [6.07, 6.45) is 0.497. The molecule has 0 aromatic heterocycles. The summed E-state index contributed by atoms with van der Waals surface area (Å²) >= 11 is 0. The number of hydrogen-bond donors (Lipinski definition) is 4. The third-order valence-electron chi connectivity index (χ3n) is 2.53. The first-order valence-electron chi connectivity index (χ1n) is 5.61. The van der Waals surface area contributed by atoms with Gasteiger partial charge in [-0.05, 0) is 24.3 Å². The molecule has 0 amide bonds. The molecule has 0 aliphatic heterocycles. The highest BCUT2D eigenvalue weighted by molar-refractivity contribution is 7.47. The lowest BCUT2D eigenvalue weighted by Gasteiger charge is -2.14. The standard InChI is InChI=1S/C11H10O9P2/c12-6-7-1-2-8-9(5-7)11(20-22(16,17)18)4-3-10(8)19-21(13,14)15/h1-6H,(H2,13,14,15)(H2,16,17,18). The fraction of sp³-hybridized carbons (Fsp3) is 0. The summed E-state index contributed by atoms with van der Waals surface area (Å²) in [7, 11) is -9.69. The van der Waals surface area contributed by atoms with Crippen molar-refractivity contribution in [1.29, 1.82) is 0 Å². The second-order valence-corrected chi connectivity index (χ2v) is 6.48. The van der Waals surface area contributed by atoms with E-state index in [9.17, 15) is 13.9 Å². The molecule has 0 atom stereocenters. The number of phosphoric ester groups is 2. The van der Waals surface area contributed by atoms with Crippen molar-refractivity contribution >= 4 is 32.7 Å². The van der Waals surface area contributed by atoms with E-state index in [1.165, 1.54) is 18.2 Å². The Morgan fingerprint density at radius 1 is 0.818 bits per heavy atom. The molecule has 0 bridgehead atoms. The number of aldehydes is 1. The second-order valence-electron chi connectivity index (χ2n) is 4.15. The zero-order valence-electron chi connectivity index (χ0n) is 10.7. The minimum atomic E-state index is -4.85. The molecule has 4 N–H and O–H groups in total. The van der Waals surface area contributed by atoms with Gasteiger partial charge in [0, 0.05) is 16.3 Å². The van der Waals surface area contributed by atoms with Crippen molar-refractivity contribution in [2.75, 3.05) is 0 Å². The molecule has 0 unspecified atom stereocenters. The lowest BCUT2D eigenvalue weighted by atomic mass is 10.1. The van der Waals surface area contributed by atoms with E-state index in [-0.39, 0.29) is 27.8 Å². The molecule has 0 heterocycles. The van der Waals surface area contributed by atoms with Gasteiger partial charge in [-0.1, -0.05) is 6.07 Å². The van der Waals surface area contributed by atoms with Gasteiger partial charge in [-0.25, -0.2) is 9.13 Å². The van der Waals surface area contributed by atoms with Gasteiger partial charge in [0.05, 0.1) is 0 Å². The highest BCUT2D eigenvalue weighted by Gasteiger charge is 2.22. The van der Waals surface area contributed by atoms with Crippen molar-refractivity contribution in [2.24, 2.45) is 0 Å². The quantitative estimate of drug-likeness (QED) is 0.466. The van der Waals surface area contributed by atoms with Gasteiger partial charge in [-0.15, -0.1) is 0 Å². The Hall–Kier alpha value is -1.73. The van der Waals surface area contributed by atoms with E-state index in [4.69, 9.17) is 19.6 Å². The van der Waals surface area contributed by atoms with Crippen LogP contribution >= 0.6 is 15.6 Å². The fourth-order valence-electron chi connectivity index (χ4n) is 1.80. The highest BCUT2D eigenvalue weighted by atomic mass is 31.2. The average molecular weight is 348 g/mol. The van der Waals surface area contributed by atoms with Gasteiger partial charge < -0.3 is 9.05 Å². The summed E-state index contributed by atoms with van der Waals surface area (Å²) in [4.78, 5) is 46.3. The summed E-state index contributed by atoms with van der Waals surface area (Å²) in [5.41, 5.74) is 0.177. The van der Waals surface area contributed by atoms with Gasteiger partial charge in [-0.2, -0.15) is 0 Å². The monoisotopic (exact) mass is 348 g/mol. The van der Waals surface area contributed by atoms with Crippen LogP contribution in [0.3, 0.4) is 0 Å². The number of fused-ring (bicyclic) bond motifs is 1. The van der Waals surface area contributed by atoms with Gasteiger partial charge in [0.1, 0.15) is 17.8 Å². The first-order chi connectivity index (χ1) is 10.1. The van der Waals surface area contributed by atoms with Crippen molar-refractivity contribution in [1.82, 2.24) is 0 Å². The molecule has 11 heteroatoms. The Morgan fingerprint density at radius 2 is 1.32 bits per heavy atom.